The lowest BCUT2D eigenvalue weighted by molar-refractivity contribution is 0.0997. The Morgan fingerprint density at radius 2 is 1.77 bits per heavy atom. The number of amides is 1. The summed E-state index contributed by atoms with van der Waals surface area (Å²) >= 11 is 6.15. The zero-order valence-electron chi connectivity index (χ0n) is 14.8. The van der Waals surface area contributed by atoms with Crippen LogP contribution in [0.25, 0.3) is 11.0 Å². The number of aryl methyl sites for hydroxylation is 1. The molecule has 0 saturated carbocycles. The number of hydrogen-bond acceptors (Lipinski definition) is 5. The molecular weight excluding hydrogens is 358 g/mol. The second-order valence-corrected chi connectivity index (χ2v) is 5.97. The second-order valence-electron chi connectivity index (χ2n) is 5.56. The van der Waals surface area contributed by atoms with Crippen molar-refractivity contribution >= 4 is 34.2 Å². The van der Waals surface area contributed by atoms with Gasteiger partial charge in [-0.25, -0.2) is 0 Å². The van der Waals surface area contributed by atoms with Crippen molar-refractivity contribution in [2.45, 2.75) is 6.92 Å². The lowest BCUT2D eigenvalue weighted by Crippen LogP contribution is -2.13. The number of fused-ring (bicyclic) bond motifs is 1. The van der Waals surface area contributed by atoms with E-state index in [1.807, 2.05) is 13.0 Å². The number of methoxy groups -OCH3 is 3. The minimum atomic E-state index is -0.405. The highest BCUT2D eigenvalue weighted by Crippen LogP contribution is 2.36. The summed E-state index contributed by atoms with van der Waals surface area (Å²) < 4.78 is 21.4. The Balaban J connectivity index is 1.97. The lowest BCUT2D eigenvalue weighted by Gasteiger charge is -2.12. The van der Waals surface area contributed by atoms with Crippen LogP contribution in [0.3, 0.4) is 0 Å². The number of benzene rings is 2. The molecule has 136 valence electrons. The molecule has 1 amide bonds. The van der Waals surface area contributed by atoms with Crippen LogP contribution in [-0.4, -0.2) is 27.2 Å². The number of nitrogens with one attached hydrogen (secondary N) is 1. The minimum absolute atomic E-state index is 0.210. The van der Waals surface area contributed by atoms with Crippen molar-refractivity contribution in [2.75, 3.05) is 26.6 Å². The highest BCUT2D eigenvalue weighted by molar-refractivity contribution is 6.32. The third kappa shape index (κ3) is 3.15. The van der Waals surface area contributed by atoms with Crippen LogP contribution in [0.1, 0.15) is 16.1 Å². The van der Waals surface area contributed by atoms with Crippen molar-refractivity contribution in [2.24, 2.45) is 0 Å². The molecular formula is C19H18ClNO5. The van der Waals surface area contributed by atoms with Gasteiger partial charge in [-0.3, -0.25) is 4.79 Å². The SMILES string of the molecule is COc1ccc2oc(C(=O)Nc3cc(Cl)c(OC)cc3OC)c(C)c2c1. The second kappa shape index (κ2) is 7.17. The lowest BCUT2D eigenvalue weighted by atomic mass is 10.1. The standard InChI is InChI=1S/C19H18ClNO5/c1-10-12-7-11(23-2)5-6-15(12)26-18(10)19(22)21-14-8-13(20)16(24-3)9-17(14)25-4/h5-9H,1-4H3,(H,21,22). The van der Waals surface area contributed by atoms with E-state index >= 15 is 0 Å². The van der Waals surface area contributed by atoms with Crippen molar-refractivity contribution < 1.29 is 23.4 Å². The fraction of sp³-hybridized carbons (Fsp3) is 0.211. The van der Waals surface area contributed by atoms with Crippen molar-refractivity contribution in [1.29, 1.82) is 0 Å². The molecule has 0 radical (unpaired) electrons. The van der Waals surface area contributed by atoms with E-state index in [1.54, 1.807) is 31.4 Å². The largest absolute Gasteiger partial charge is 0.497 e. The van der Waals surface area contributed by atoms with Crippen LogP contribution in [0.5, 0.6) is 17.2 Å². The first-order chi connectivity index (χ1) is 12.5. The number of anilines is 1. The number of carbonyl (C=O) groups is 1. The Morgan fingerprint density at radius 1 is 1.04 bits per heavy atom. The van der Waals surface area contributed by atoms with Gasteiger partial charge in [0.2, 0.25) is 0 Å². The number of ether oxygens (including phenoxy) is 3. The number of furan rings is 1. The van der Waals surface area contributed by atoms with Gasteiger partial charge in [0.1, 0.15) is 22.8 Å². The van der Waals surface area contributed by atoms with Crippen molar-refractivity contribution in [3.63, 3.8) is 0 Å². The molecule has 3 rings (SSSR count). The normalized spacial score (nSPS) is 10.7. The Hall–Kier alpha value is -2.86. The summed E-state index contributed by atoms with van der Waals surface area (Å²) in [7, 11) is 4.59. The molecule has 0 aliphatic rings. The maximum atomic E-state index is 12.7. The fourth-order valence-electron chi connectivity index (χ4n) is 2.68. The number of hydrogen-bond donors (Lipinski definition) is 1. The van der Waals surface area contributed by atoms with E-state index in [9.17, 15) is 4.79 Å². The summed E-state index contributed by atoms with van der Waals surface area (Å²) in [6.45, 7) is 1.82. The molecule has 2 aromatic carbocycles. The molecule has 0 bridgehead atoms. The molecule has 0 unspecified atom stereocenters. The van der Waals surface area contributed by atoms with Gasteiger partial charge < -0.3 is 23.9 Å². The Morgan fingerprint density at radius 3 is 2.42 bits per heavy atom. The van der Waals surface area contributed by atoms with Gasteiger partial charge in [-0.1, -0.05) is 11.6 Å². The molecule has 26 heavy (non-hydrogen) atoms. The van der Waals surface area contributed by atoms with Crippen LogP contribution in [-0.2, 0) is 0 Å². The predicted molar refractivity (Wildman–Crippen MR) is 100 cm³/mol. The molecule has 0 aliphatic heterocycles. The molecule has 6 nitrogen and oxygen atoms in total. The number of carbonyl (C=O) groups excluding carboxylic acids is 1. The first kappa shape index (κ1) is 17.9. The Kier molecular flexibility index (Phi) is 4.95. The maximum Gasteiger partial charge on any atom is 0.291 e. The molecule has 0 atom stereocenters. The molecule has 0 fully saturated rings. The van der Waals surface area contributed by atoms with E-state index in [0.717, 1.165) is 10.9 Å². The van der Waals surface area contributed by atoms with Crippen LogP contribution in [0, 0.1) is 6.92 Å². The number of rotatable bonds is 5. The molecule has 1 N–H and O–H groups in total. The maximum absolute atomic E-state index is 12.7. The zero-order chi connectivity index (χ0) is 18.8. The van der Waals surface area contributed by atoms with Crippen LogP contribution in [0.2, 0.25) is 5.02 Å². The van der Waals surface area contributed by atoms with E-state index in [4.69, 9.17) is 30.2 Å². The van der Waals surface area contributed by atoms with Crippen LogP contribution < -0.4 is 19.5 Å². The van der Waals surface area contributed by atoms with E-state index < -0.39 is 5.91 Å². The summed E-state index contributed by atoms with van der Waals surface area (Å²) in [6.07, 6.45) is 0. The van der Waals surface area contributed by atoms with E-state index in [0.29, 0.717) is 33.5 Å². The van der Waals surface area contributed by atoms with Crippen LogP contribution >= 0.6 is 11.6 Å². The van der Waals surface area contributed by atoms with E-state index in [-0.39, 0.29) is 5.76 Å². The van der Waals surface area contributed by atoms with Gasteiger partial charge in [0.15, 0.2) is 5.76 Å². The molecule has 1 aromatic heterocycles. The van der Waals surface area contributed by atoms with Crippen molar-refractivity contribution in [3.8, 4) is 17.2 Å². The third-order valence-corrected chi connectivity index (χ3v) is 4.37. The average Bonchev–Trinajstić information content (AvgIpc) is 2.98. The van der Waals surface area contributed by atoms with Gasteiger partial charge >= 0.3 is 0 Å². The molecule has 0 aliphatic carbocycles. The van der Waals surface area contributed by atoms with Crippen molar-refractivity contribution in [1.82, 2.24) is 0 Å². The quantitative estimate of drug-likeness (QED) is 0.701. The Bertz CT molecular complexity index is 980. The Labute approximate surface area is 155 Å². The number of halogens is 1. The molecule has 1 heterocycles. The topological polar surface area (TPSA) is 69.9 Å². The van der Waals surface area contributed by atoms with Gasteiger partial charge in [-0.05, 0) is 31.2 Å². The third-order valence-electron chi connectivity index (χ3n) is 4.07. The minimum Gasteiger partial charge on any atom is -0.497 e. The molecule has 0 spiro atoms. The van der Waals surface area contributed by atoms with Gasteiger partial charge in [0.25, 0.3) is 5.91 Å². The zero-order valence-corrected chi connectivity index (χ0v) is 15.6. The van der Waals surface area contributed by atoms with Gasteiger partial charge in [0.05, 0.1) is 32.0 Å². The van der Waals surface area contributed by atoms with E-state index in [1.165, 1.54) is 14.2 Å². The van der Waals surface area contributed by atoms with Gasteiger partial charge in [-0.15, -0.1) is 0 Å². The molecule has 7 heteroatoms. The van der Waals surface area contributed by atoms with Crippen LogP contribution in [0.4, 0.5) is 5.69 Å². The predicted octanol–water partition coefficient (Wildman–Crippen LogP) is 4.67. The summed E-state index contributed by atoms with van der Waals surface area (Å²) in [5.41, 5.74) is 1.74. The summed E-state index contributed by atoms with van der Waals surface area (Å²) in [5, 5.41) is 3.94. The smallest absolute Gasteiger partial charge is 0.291 e. The first-order valence-electron chi connectivity index (χ1n) is 7.78. The van der Waals surface area contributed by atoms with Gasteiger partial charge in [0, 0.05) is 17.0 Å². The monoisotopic (exact) mass is 375 g/mol. The summed E-state index contributed by atoms with van der Waals surface area (Å²) in [6, 6.07) is 8.55. The highest BCUT2D eigenvalue weighted by Gasteiger charge is 2.20. The van der Waals surface area contributed by atoms with Gasteiger partial charge in [-0.2, -0.15) is 0 Å². The highest BCUT2D eigenvalue weighted by atomic mass is 35.5. The van der Waals surface area contributed by atoms with Crippen molar-refractivity contribution in [3.05, 3.63) is 46.7 Å². The molecule has 3 aromatic rings. The first-order valence-corrected chi connectivity index (χ1v) is 8.16. The summed E-state index contributed by atoms with van der Waals surface area (Å²) in [5.74, 6) is 1.37. The van der Waals surface area contributed by atoms with Crippen LogP contribution in [0.15, 0.2) is 34.7 Å². The fourth-order valence-corrected chi connectivity index (χ4v) is 2.92. The average molecular weight is 376 g/mol. The summed E-state index contributed by atoms with van der Waals surface area (Å²) in [4.78, 5) is 12.7. The molecule has 0 saturated heterocycles. The van der Waals surface area contributed by atoms with E-state index in [2.05, 4.69) is 5.32 Å².